The summed E-state index contributed by atoms with van der Waals surface area (Å²) in [6.45, 7) is 4.48. The van der Waals surface area contributed by atoms with Gasteiger partial charge in [0.2, 0.25) is 0 Å². The Morgan fingerprint density at radius 2 is 2.00 bits per heavy atom. The van der Waals surface area contributed by atoms with Gasteiger partial charge in [0, 0.05) is 18.0 Å². The molecular weight excluding hydrogens is 302 g/mol. The summed E-state index contributed by atoms with van der Waals surface area (Å²) in [6, 6.07) is 15.8. The number of pyridine rings is 1. The van der Waals surface area contributed by atoms with Crippen LogP contribution in [0.3, 0.4) is 0 Å². The molecule has 3 atom stereocenters. The summed E-state index contributed by atoms with van der Waals surface area (Å²) < 4.78 is 0. The molecule has 0 saturated carbocycles. The van der Waals surface area contributed by atoms with Gasteiger partial charge in [-0.2, -0.15) is 0 Å². The van der Waals surface area contributed by atoms with Crippen molar-refractivity contribution in [3.8, 4) is 0 Å². The third kappa shape index (κ3) is 2.45. The number of rotatable bonds is 3. The van der Waals surface area contributed by atoms with Gasteiger partial charge in [-0.3, -0.25) is 9.98 Å². The predicted molar refractivity (Wildman–Crippen MR) is 96.7 cm³/mol. The van der Waals surface area contributed by atoms with E-state index in [4.69, 9.17) is 4.99 Å². The Kier molecular flexibility index (Phi) is 3.85. The number of hydrogen-bond donors (Lipinski definition) is 0. The van der Waals surface area contributed by atoms with E-state index in [9.17, 15) is 0 Å². The minimum Gasteiger partial charge on any atom is -0.338 e. The molecule has 1 fully saturated rings. The zero-order chi connectivity index (χ0) is 15.8. The summed E-state index contributed by atoms with van der Waals surface area (Å²) in [6.07, 6.45) is 3.03. The molecule has 1 aromatic heterocycles. The van der Waals surface area contributed by atoms with Gasteiger partial charge in [0.25, 0.3) is 0 Å². The zero-order valence-corrected chi connectivity index (χ0v) is 14.3. The Balaban J connectivity index is 1.82. The lowest BCUT2D eigenvalue weighted by Gasteiger charge is -2.32. The van der Waals surface area contributed by atoms with Crippen LogP contribution in [0.5, 0.6) is 0 Å². The number of aromatic nitrogens is 1. The van der Waals surface area contributed by atoms with Crippen LogP contribution in [0.2, 0.25) is 0 Å². The topological polar surface area (TPSA) is 28.5 Å². The molecule has 0 aliphatic carbocycles. The highest BCUT2D eigenvalue weighted by Gasteiger charge is 2.45. The van der Waals surface area contributed by atoms with Gasteiger partial charge in [-0.15, -0.1) is 0 Å². The van der Waals surface area contributed by atoms with E-state index >= 15 is 0 Å². The number of benzene rings is 1. The summed E-state index contributed by atoms with van der Waals surface area (Å²) in [5.41, 5.74) is 3.78. The molecule has 0 amide bonds. The van der Waals surface area contributed by atoms with Gasteiger partial charge in [0.05, 0.1) is 11.7 Å². The fraction of sp³-hybridized carbons (Fsp3) is 0.368. The monoisotopic (exact) mass is 323 g/mol. The molecule has 23 heavy (non-hydrogen) atoms. The molecular formula is C19H21N3S. The normalized spacial score (nSPS) is 26.3. The van der Waals surface area contributed by atoms with Gasteiger partial charge >= 0.3 is 0 Å². The van der Waals surface area contributed by atoms with E-state index in [1.54, 1.807) is 0 Å². The van der Waals surface area contributed by atoms with Crippen molar-refractivity contribution in [1.29, 1.82) is 0 Å². The van der Waals surface area contributed by atoms with Crippen molar-refractivity contribution < 1.29 is 0 Å². The molecule has 0 spiro atoms. The van der Waals surface area contributed by atoms with Crippen LogP contribution >= 0.6 is 11.8 Å². The predicted octanol–water partition coefficient (Wildman–Crippen LogP) is 4.37. The van der Waals surface area contributed by atoms with Crippen LogP contribution in [-0.4, -0.2) is 26.8 Å². The van der Waals surface area contributed by atoms with E-state index in [1.165, 1.54) is 16.3 Å². The molecule has 2 aromatic rings. The average Bonchev–Trinajstić information content (AvgIpc) is 3.15. The van der Waals surface area contributed by atoms with Gasteiger partial charge in [-0.25, -0.2) is 0 Å². The Morgan fingerprint density at radius 1 is 1.17 bits per heavy atom. The molecule has 3 heterocycles. The first-order valence-corrected chi connectivity index (χ1v) is 9.23. The van der Waals surface area contributed by atoms with Gasteiger partial charge in [0.1, 0.15) is 6.04 Å². The van der Waals surface area contributed by atoms with E-state index in [-0.39, 0.29) is 12.1 Å². The average molecular weight is 323 g/mol. The van der Waals surface area contributed by atoms with Crippen molar-refractivity contribution in [1.82, 2.24) is 9.88 Å². The molecule has 3 nitrogen and oxygen atoms in total. The molecule has 4 heteroatoms. The molecule has 4 rings (SSSR count). The van der Waals surface area contributed by atoms with E-state index < -0.39 is 0 Å². The molecule has 0 unspecified atom stereocenters. The van der Waals surface area contributed by atoms with Gasteiger partial charge in [0.15, 0.2) is 5.17 Å². The number of amidine groups is 1. The Labute approximate surface area is 141 Å². The SMILES string of the molecule is CC[C@@H]1CSC2=N[C@H](c3ccccn3)[C@@H](c3ccccc3C)N21. The van der Waals surface area contributed by atoms with Crippen LogP contribution in [0, 0.1) is 6.92 Å². The highest BCUT2D eigenvalue weighted by molar-refractivity contribution is 8.14. The summed E-state index contributed by atoms with van der Waals surface area (Å²) >= 11 is 1.90. The lowest BCUT2D eigenvalue weighted by atomic mass is 9.92. The summed E-state index contributed by atoms with van der Waals surface area (Å²) in [7, 11) is 0. The second-order valence-electron chi connectivity index (χ2n) is 6.19. The maximum atomic E-state index is 5.06. The van der Waals surface area contributed by atoms with Crippen LogP contribution in [0.1, 0.15) is 42.2 Å². The Hall–Kier alpha value is -1.81. The maximum Gasteiger partial charge on any atom is 0.160 e. The highest BCUT2D eigenvalue weighted by Crippen LogP contribution is 2.48. The maximum absolute atomic E-state index is 5.06. The zero-order valence-electron chi connectivity index (χ0n) is 13.5. The Morgan fingerprint density at radius 3 is 2.74 bits per heavy atom. The summed E-state index contributed by atoms with van der Waals surface area (Å²) in [4.78, 5) is 12.2. The van der Waals surface area contributed by atoms with Crippen molar-refractivity contribution in [3.05, 3.63) is 65.5 Å². The lowest BCUT2D eigenvalue weighted by Crippen LogP contribution is -2.35. The minimum atomic E-state index is 0.0918. The number of hydrogen-bond acceptors (Lipinski definition) is 4. The molecule has 0 N–H and O–H groups in total. The fourth-order valence-corrected chi connectivity index (χ4v) is 4.94. The second-order valence-corrected chi connectivity index (χ2v) is 7.18. The largest absolute Gasteiger partial charge is 0.338 e. The first kappa shape index (κ1) is 14.8. The quantitative estimate of drug-likeness (QED) is 0.840. The third-order valence-electron chi connectivity index (χ3n) is 4.84. The molecule has 1 aromatic carbocycles. The Bertz CT molecular complexity index is 728. The first-order valence-electron chi connectivity index (χ1n) is 8.25. The second kappa shape index (κ2) is 6.00. The van der Waals surface area contributed by atoms with E-state index in [2.05, 4.69) is 60.1 Å². The number of thioether (sulfide) groups is 1. The van der Waals surface area contributed by atoms with Crippen molar-refractivity contribution >= 4 is 16.9 Å². The highest BCUT2D eigenvalue weighted by atomic mass is 32.2. The molecule has 2 aliphatic rings. The smallest absolute Gasteiger partial charge is 0.160 e. The molecule has 118 valence electrons. The van der Waals surface area contributed by atoms with Crippen LogP contribution in [-0.2, 0) is 0 Å². The van der Waals surface area contributed by atoms with E-state index in [1.807, 2.05) is 24.0 Å². The van der Waals surface area contributed by atoms with E-state index in [0.717, 1.165) is 17.9 Å². The molecule has 2 aliphatic heterocycles. The van der Waals surface area contributed by atoms with Crippen molar-refractivity contribution in [2.24, 2.45) is 4.99 Å². The van der Waals surface area contributed by atoms with Gasteiger partial charge in [-0.1, -0.05) is 49.0 Å². The van der Waals surface area contributed by atoms with Crippen LogP contribution in [0.25, 0.3) is 0 Å². The number of aryl methyl sites for hydroxylation is 1. The van der Waals surface area contributed by atoms with Gasteiger partial charge < -0.3 is 4.90 Å². The lowest BCUT2D eigenvalue weighted by molar-refractivity contribution is 0.254. The number of aliphatic imine (C=N–C) groups is 1. The van der Waals surface area contributed by atoms with Crippen molar-refractivity contribution in [2.45, 2.75) is 38.4 Å². The van der Waals surface area contributed by atoms with Crippen LogP contribution < -0.4 is 0 Å². The standard InChI is InChI=1S/C19H21N3S/c1-3-14-12-23-19-21-17(16-10-6-7-11-20-16)18(22(14)19)15-9-5-4-8-13(15)2/h4-11,14,17-18H,3,12H2,1-2H3/t14-,17-,18-/m1/s1. The van der Waals surface area contributed by atoms with Crippen molar-refractivity contribution in [2.75, 3.05) is 5.75 Å². The first-order chi connectivity index (χ1) is 11.3. The molecule has 0 radical (unpaired) electrons. The van der Waals surface area contributed by atoms with Crippen LogP contribution in [0.15, 0.2) is 53.7 Å². The summed E-state index contributed by atoms with van der Waals surface area (Å²) in [5.74, 6) is 1.15. The fourth-order valence-electron chi connectivity index (χ4n) is 3.61. The number of nitrogens with zero attached hydrogens (tertiary/aromatic N) is 3. The number of fused-ring (bicyclic) bond motifs is 1. The molecule has 1 saturated heterocycles. The third-order valence-corrected chi connectivity index (χ3v) is 5.96. The van der Waals surface area contributed by atoms with E-state index in [0.29, 0.717) is 6.04 Å². The van der Waals surface area contributed by atoms with Crippen molar-refractivity contribution in [3.63, 3.8) is 0 Å². The van der Waals surface area contributed by atoms with Crippen LogP contribution in [0.4, 0.5) is 0 Å². The minimum absolute atomic E-state index is 0.0918. The molecule has 0 bridgehead atoms. The van der Waals surface area contributed by atoms with Gasteiger partial charge in [-0.05, 0) is 36.6 Å². The summed E-state index contributed by atoms with van der Waals surface area (Å²) in [5, 5.41) is 1.20.